The van der Waals surface area contributed by atoms with Gasteiger partial charge in [-0.25, -0.2) is 0 Å². The molecule has 6 heteroatoms. The van der Waals surface area contributed by atoms with Gasteiger partial charge >= 0.3 is 0 Å². The van der Waals surface area contributed by atoms with Crippen LogP contribution in [0.3, 0.4) is 0 Å². The van der Waals surface area contributed by atoms with Crippen molar-refractivity contribution in [1.82, 2.24) is 9.80 Å². The van der Waals surface area contributed by atoms with Crippen molar-refractivity contribution in [1.29, 1.82) is 0 Å². The Bertz CT molecular complexity index is 1020. The van der Waals surface area contributed by atoms with Gasteiger partial charge in [0.15, 0.2) is 0 Å². The molecule has 164 valence electrons. The number of amides is 1. The summed E-state index contributed by atoms with van der Waals surface area (Å²) < 4.78 is 0. The van der Waals surface area contributed by atoms with E-state index in [9.17, 15) is 4.79 Å². The van der Waals surface area contributed by atoms with Crippen LogP contribution < -0.4 is 5.32 Å². The Morgan fingerprint density at radius 1 is 1.06 bits per heavy atom. The van der Waals surface area contributed by atoms with E-state index in [-0.39, 0.29) is 11.9 Å². The van der Waals surface area contributed by atoms with Crippen LogP contribution in [-0.4, -0.2) is 48.4 Å². The van der Waals surface area contributed by atoms with Crippen molar-refractivity contribution in [3.05, 3.63) is 73.8 Å². The summed E-state index contributed by atoms with van der Waals surface area (Å²) in [5.74, 6) is -0.0176. The molecule has 1 fully saturated rings. The van der Waals surface area contributed by atoms with E-state index in [1.165, 1.54) is 38.5 Å². The first-order valence-corrected chi connectivity index (χ1v) is 12.6. The minimum atomic E-state index is -0.0176. The van der Waals surface area contributed by atoms with E-state index in [1.54, 1.807) is 11.3 Å². The average Bonchev–Trinajstić information content (AvgIpc) is 3.40. The van der Waals surface area contributed by atoms with Crippen LogP contribution in [0, 0.1) is 20.8 Å². The van der Waals surface area contributed by atoms with Crippen molar-refractivity contribution in [2.45, 2.75) is 33.7 Å². The third kappa shape index (κ3) is 4.77. The van der Waals surface area contributed by atoms with Gasteiger partial charge in [0.1, 0.15) is 5.00 Å². The molecule has 0 unspecified atom stereocenters. The zero-order chi connectivity index (χ0) is 22.0. The molecule has 4 rings (SSSR count). The highest BCUT2D eigenvalue weighted by Crippen LogP contribution is 2.42. The van der Waals surface area contributed by atoms with Crippen LogP contribution in [0.2, 0.25) is 0 Å². The number of carbonyl (C=O) groups excluding carboxylic acids is 1. The number of hydrogen-bond acceptors (Lipinski definition) is 5. The van der Waals surface area contributed by atoms with Gasteiger partial charge in [0.2, 0.25) is 0 Å². The van der Waals surface area contributed by atoms with E-state index in [4.69, 9.17) is 0 Å². The number of thiophene rings is 2. The molecule has 1 atom stereocenters. The van der Waals surface area contributed by atoms with Gasteiger partial charge in [-0.3, -0.25) is 9.69 Å². The predicted molar refractivity (Wildman–Crippen MR) is 133 cm³/mol. The number of anilines is 1. The molecule has 4 nitrogen and oxygen atoms in total. The van der Waals surface area contributed by atoms with Gasteiger partial charge in [-0.15, -0.1) is 22.7 Å². The lowest BCUT2D eigenvalue weighted by Crippen LogP contribution is -2.47. The van der Waals surface area contributed by atoms with Gasteiger partial charge in [0.25, 0.3) is 5.91 Å². The van der Waals surface area contributed by atoms with Gasteiger partial charge in [-0.1, -0.05) is 42.8 Å². The number of piperazine rings is 1. The van der Waals surface area contributed by atoms with Crippen LogP contribution in [0.4, 0.5) is 5.00 Å². The smallest absolute Gasteiger partial charge is 0.266 e. The summed E-state index contributed by atoms with van der Waals surface area (Å²) in [6.07, 6.45) is 0. The van der Waals surface area contributed by atoms with Gasteiger partial charge in [-0.05, 0) is 49.9 Å². The summed E-state index contributed by atoms with van der Waals surface area (Å²) in [5.41, 5.74) is 5.10. The Morgan fingerprint density at radius 2 is 1.77 bits per heavy atom. The minimum Gasteiger partial charge on any atom is -0.313 e. The van der Waals surface area contributed by atoms with Crippen molar-refractivity contribution in [3.8, 4) is 0 Å². The SMILES string of the molecule is CCN1CCN([C@@H](c2ccc(C)cc2)c2c(NC(=O)c3cccs3)sc(C)c2C)CC1. The quantitative estimate of drug-likeness (QED) is 0.519. The summed E-state index contributed by atoms with van der Waals surface area (Å²) in [6.45, 7) is 14.0. The van der Waals surface area contributed by atoms with E-state index in [0.29, 0.717) is 0 Å². The number of likely N-dealkylation sites (N-methyl/N-ethyl adjacent to an activating group) is 1. The maximum Gasteiger partial charge on any atom is 0.266 e. The van der Waals surface area contributed by atoms with Crippen molar-refractivity contribution >= 4 is 33.6 Å². The van der Waals surface area contributed by atoms with E-state index in [2.05, 4.69) is 67.1 Å². The molecule has 1 aliphatic heterocycles. The molecule has 1 amide bonds. The third-order valence-electron chi connectivity index (χ3n) is 6.29. The van der Waals surface area contributed by atoms with E-state index in [1.807, 2.05) is 17.5 Å². The van der Waals surface area contributed by atoms with Crippen LogP contribution in [0.5, 0.6) is 0 Å². The molecule has 0 bridgehead atoms. The Morgan fingerprint density at radius 3 is 2.39 bits per heavy atom. The zero-order valence-corrected chi connectivity index (χ0v) is 20.4. The van der Waals surface area contributed by atoms with E-state index >= 15 is 0 Å². The Hall–Kier alpha value is -1.99. The second kappa shape index (κ2) is 9.65. The molecule has 0 saturated carbocycles. The molecule has 31 heavy (non-hydrogen) atoms. The normalized spacial score (nSPS) is 16.4. The monoisotopic (exact) mass is 453 g/mol. The first-order valence-electron chi connectivity index (χ1n) is 11.0. The summed E-state index contributed by atoms with van der Waals surface area (Å²) >= 11 is 3.18. The van der Waals surface area contributed by atoms with Crippen LogP contribution >= 0.6 is 22.7 Å². The van der Waals surface area contributed by atoms with Gasteiger partial charge in [0.05, 0.1) is 10.9 Å². The highest BCUT2D eigenvalue weighted by molar-refractivity contribution is 7.17. The summed E-state index contributed by atoms with van der Waals surface area (Å²) in [4.78, 5) is 20.0. The number of nitrogens with zero attached hydrogens (tertiary/aromatic N) is 2. The van der Waals surface area contributed by atoms with Gasteiger partial charge in [-0.2, -0.15) is 0 Å². The minimum absolute atomic E-state index is 0.0176. The standard InChI is InChI=1S/C25H31N3OS2/c1-5-27-12-14-28(15-13-27)23(20-10-8-17(2)9-11-20)22-18(3)19(4)31-25(22)26-24(29)21-7-6-16-30-21/h6-11,16,23H,5,12-15H2,1-4H3,(H,26,29)/t23-/m0/s1. The van der Waals surface area contributed by atoms with Crippen LogP contribution in [0.25, 0.3) is 0 Å². The first kappa shape index (κ1) is 22.2. The number of carbonyl (C=O) groups is 1. The lowest BCUT2D eigenvalue weighted by Gasteiger charge is -2.39. The van der Waals surface area contributed by atoms with Crippen LogP contribution in [-0.2, 0) is 0 Å². The predicted octanol–water partition coefficient (Wildman–Crippen LogP) is 5.71. The van der Waals surface area contributed by atoms with Crippen molar-refractivity contribution in [2.75, 3.05) is 38.0 Å². The fraction of sp³-hybridized carbons (Fsp3) is 0.400. The molecule has 1 aliphatic rings. The average molecular weight is 454 g/mol. The number of hydrogen-bond donors (Lipinski definition) is 1. The molecule has 0 radical (unpaired) electrons. The topological polar surface area (TPSA) is 35.6 Å². The molecular formula is C25H31N3OS2. The second-order valence-corrected chi connectivity index (χ2v) is 10.4. The summed E-state index contributed by atoms with van der Waals surface area (Å²) in [5, 5.41) is 6.18. The largest absolute Gasteiger partial charge is 0.313 e. The molecule has 3 heterocycles. The maximum absolute atomic E-state index is 12.9. The Balaban J connectivity index is 1.74. The van der Waals surface area contributed by atoms with Gasteiger partial charge in [0, 0.05) is 36.6 Å². The zero-order valence-electron chi connectivity index (χ0n) is 18.8. The fourth-order valence-corrected chi connectivity index (χ4v) is 5.99. The molecule has 1 saturated heterocycles. The lowest BCUT2D eigenvalue weighted by molar-refractivity contribution is 0.102. The molecule has 3 aromatic rings. The summed E-state index contributed by atoms with van der Waals surface area (Å²) in [7, 11) is 0. The molecule has 2 aromatic heterocycles. The fourth-order valence-electron chi connectivity index (χ4n) is 4.29. The molecule has 0 aliphatic carbocycles. The Labute approximate surface area is 193 Å². The van der Waals surface area contributed by atoms with Crippen molar-refractivity contribution in [2.24, 2.45) is 0 Å². The van der Waals surface area contributed by atoms with Crippen LogP contribution in [0.1, 0.15) is 49.8 Å². The molecule has 1 aromatic carbocycles. The van der Waals surface area contributed by atoms with Crippen LogP contribution in [0.15, 0.2) is 41.8 Å². The van der Waals surface area contributed by atoms with E-state index in [0.717, 1.165) is 42.6 Å². The van der Waals surface area contributed by atoms with Gasteiger partial charge < -0.3 is 10.2 Å². The first-order chi connectivity index (χ1) is 15.0. The number of rotatable bonds is 6. The maximum atomic E-state index is 12.9. The third-order valence-corrected chi connectivity index (χ3v) is 8.30. The highest BCUT2D eigenvalue weighted by atomic mass is 32.1. The highest BCUT2D eigenvalue weighted by Gasteiger charge is 2.31. The van der Waals surface area contributed by atoms with Crippen molar-refractivity contribution in [3.63, 3.8) is 0 Å². The van der Waals surface area contributed by atoms with Crippen molar-refractivity contribution < 1.29 is 4.79 Å². The lowest BCUT2D eigenvalue weighted by atomic mass is 9.93. The molecule has 1 N–H and O–H groups in total. The molecular weight excluding hydrogens is 422 g/mol. The summed E-state index contributed by atoms with van der Waals surface area (Å²) in [6, 6.07) is 12.9. The Kier molecular flexibility index (Phi) is 6.92. The number of nitrogens with one attached hydrogen (secondary N) is 1. The molecule has 0 spiro atoms. The van der Waals surface area contributed by atoms with E-state index < -0.39 is 0 Å². The number of benzene rings is 1. The second-order valence-electron chi connectivity index (χ2n) is 8.24. The number of aryl methyl sites for hydroxylation is 2.